The van der Waals surface area contributed by atoms with Crippen LogP contribution in [0.5, 0.6) is 0 Å². The van der Waals surface area contributed by atoms with Crippen LogP contribution >= 0.6 is 0 Å². The van der Waals surface area contributed by atoms with Crippen molar-refractivity contribution < 1.29 is 0 Å². The molecule has 0 aliphatic heterocycles. The van der Waals surface area contributed by atoms with Crippen molar-refractivity contribution in [2.45, 2.75) is 58.8 Å². The molecule has 3 atom stereocenters. The maximum Gasteiger partial charge on any atom is 0.0395 e. The first-order valence-corrected chi connectivity index (χ1v) is 14.7. The average Bonchev–Trinajstić information content (AvgIpc) is 3.00. The fourth-order valence-corrected chi connectivity index (χ4v) is 8.03. The molecule has 0 heteroatoms. The quantitative estimate of drug-likeness (QED) is 0.147. The van der Waals surface area contributed by atoms with Crippen LogP contribution in [0.4, 0.5) is 0 Å². The minimum Gasteiger partial charge on any atom is -0.120 e. The van der Waals surface area contributed by atoms with E-state index in [1.54, 1.807) is 5.56 Å². The van der Waals surface area contributed by atoms with E-state index in [-0.39, 0.29) is 22.7 Å². The Kier molecular flexibility index (Phi) is 5.31. The summed E-state index contributed by atoms with van der Waals surface area (Å²) in [5.74, 6) is 5.11. The van der Waals surface area contributed by atoms with Crippen LogP contribution in [-0.4, -0.2) is 0 Å². The average molecular weight is 507 g/mol. The van der Waals surface area contributed by atoms with Gasteiger partial charge in [-0.25, -0.2) is 0 Å². The van der Waals surface area contributed by atoms with Crippen LogP contribution in [0.1, 0.15) is 64.5 Å². The lowest BCUT2D eigenvalue weighted by Crippen LogP contribution is -2.24. The molecule has 39 heavy (non-hydrogen) atoms. The van der Waals surface area contributed by atoms with E-state index in [9.17, 15) is 0 Å². The Balaban J connectivity index is 1.35. The van der Waals surface area contributed by atoms with Gasteiger partial charge in [0.2, 0.25) is 0 Å². The van der Waals surface area contributed by atoms with Crippen molar-refractivity contribution in [2.24, 2.45) is 23.2 Å². The van der Waals surface area contributed by atoms with E-state index in [2.05, 4.69) is 126 Å². The minimum absolute atomic E-state index is 0.0658. The highest BCUT2D eigenvalue weighted by Crippen LogP contribution is 2.54. The van der Waals surface area contributed by atoms with Crippen LogP contribution in [0, 0.1) is 35.5 Å². The molecule has 4 aromatic rings. The van der Waals surface area contributed by atoms with Crippen LogP contribution < -0.4 is 0 Å². The zero-order valence-electron chi connectivity index (χ0n) is 23.9. The van der Waals surface area contributed by atoms with E-state index in [0.717, 1.165) is 5.92 Å². The standard InChI is InChI=1S/C39H38/c1-7-9-31-32-16-18-39(6,19-17-35(32)38(4,5)34(31)8-2)29-22-26-11-10-25-12-14-30(28-20-24(3)21-28)33-15-13-27(23-29)36(26)37(25)33/h2,7,9-19,22-24,28,31,34H,20-21H2,1,3-6H3. The Morgan fingerprint density at radius 2 is 1.54 bits per heavy atom. The summed E-state index contributed by atoms with van der Waals surface area (Å²) in [6.07, 6.45) is 22.7. The second-order valence-electron chi connectivity index (χ2n) is 13.2. The van der Waals surface area contributed by atoms with Gasteiger partial charge in [-0.2, -0.15) is 0 Å². The molecule has 7 rings (SSSR count). The number of allylic oxidation sites excluding steroid dienone is 8. The largest absolute Gasteiger partial charge is 0.120 e. The molecule has 3 unspecified atom stereocenters. The molecule has 0 amide bonds. The zero-order chi connectivity index (χ0) is 27.1. The molecule has 194 valence electrons. The van der Waals surface area contributed by atoms with E-state index >= 15 is 0 Å². The molecule has 0 heterocycles. The first-order valence-electron chi connectivity index (χ1n) is 14.7. The number of rotatable bonds is 3. The minimum atomic E-state index is -0.204. The fraction of sp³-hybridized carbons (Fsp3) is 0.333. The van der Waals surface area contributed by atoms with Gasteiger partial charge in [-0.3, -0.25) is 0 Å². The van der Waals surface area contributed by atoms with Crippen molar-refractivity contribution >= 4 is 32.3 Å². The van der Waals surface area contributed by atoms with Gasteiger partial charge < -0.3 is 0 Å². The normalized spacial score (nSPS) is 29.8. The Morgan fingerprint density at radius 3 is 2.23 bits per heavy atom. The lowest BCUT2D eigenvalue weighted by Gasteiger charge is -2.34. The Morgan fingerprint density at radius 1 is 0.872 bits per heavy atom. The molecule has 4 aromatic carbocycles. The summed E-state index contributed by atoms with van der Waals surface area (Å²) in [5.41, 5.74) is 5.36. The highest BCUT2D eigenvalue weighted by molar-refractivity contribution is 6.23. The maximum atomic E-state index is 6.07. The number of hydrogen-bond donors (Lipinski definition) is 0. The molecule has 0 saturated heterocycles. The third-order valence-corrected chi connectivity index (χ3v) is 10.4. The molecule has 3 aliphatic rings. The molecule has 3 aliphatic carbocycles. The molecule has 0 nitrogen and oxygen atoms in total. The van der Waals surface area contributed by atoms with E-state index in [1.165, 1.54) is 61.9 Å². The number of hydrogen-bond acceptors (Lipinski definition) is 0. The lowest BCUT2D eigenvalue weighted by atomic mass is 9.71. The molecular weight excluding hydrogens is 468 g/mol. The van der Waals surface area contributed by atoms with Crippen molar-refractivity contribution in [1.82, 2.24) is 0 Å². The summed E-state index contributed by atoms with van der Waals surface area (Å²) >= 11 is 0. The topological polar surface area (TPSA) is 0 Å². The molecule has 0 aromatic heterocycles. The monoisotopic (exact) mass is 506 g/mol. The van der Waals surface area contributed by atoms with Crippen LogP contribution in [0.3, 0.4) is 0 Å². The van der Waals surface area contributed by atoms with Crippen molar-refractivity contribution in [3.05, 3.63) is 107 Å². The predicted octanol–water partition coefficient (Wildman–Crippen LogP) is 10.3. The Hall–Kier alpha value is -3.56. The molecule has 0 bridgehead atoms. The van der Waals surface area contributed by atoms with Crippen LogP contribution in [-0.2, 0) is 5.41 Å². The molecule has 0 radical (unpaired) electrons. The summed E-state index contributed by atoms with van der Waals surface area (Å²) < 4.78 is 0. The van der Waals surface area contributed by atoms with Crippen molar-refractivity contribution in [1.29, 1.82) is 0 Å². The second-order valence-corrected chi connectivity index (χ2v) is 13.2. The Labute approximate surface area is 233 Å². The third kappa shape index (κ3) is 3.45. The van der Waals surface area contributed by atoms with Crippen molar-refractivity contribution in [3.63, 3.8) is 0 Å². The summed E-state index contributed by atoms with van der Waals surface area (Å²) in [6, 6.07) is 19.0. The van der Waals surface area contributed by atoms with Crippen molar-refractivity contribution in [3.8, 4) is 12.3 Å². The third-order valence-electron chi connectivity index (χ3n) is 10.4. The lowest BCUT2D eigenvalue weighted by molar-refractivity contribution is 0.290. The van der Waals surface area contributed by atoms with Gasteiger partial charge in [0.25, 0.3) is 0 Å². The SMILES string of the molecule is C#CC1C(C=CC)C2=C(C=CC(C)(c3cc4ccc5ccc(C6CC(C)C6)c6ccc(c3)c4c56)C=C2)C1(C)C. The zero-order valence-corrected chi connectivity index (χ0v) is 23.9. The maximum absolute atomic E-state index is 6.07. The Bertz CT molecular complexity index is 1770. The first kappa shape index (κ1) is 24.5. The van der Waals surface area contributed by atoms with Gasteiger partial charge in [0, 0.05) is 22.7 Å². The van der Waals surface area contributed by atoms with Gasteiger partial charge >= 0.3 is 0 Å². The van der Waals surface area contributed by atoms with Crippen LogP contribution in [0.25, 0.3) is 32.3 Å². The molecular formula is C39H38. The smallest absolute Gasteiger partial charge is 0.0395 e. The summed E-state index contributed by atoms with van der Waals surface area (Å²) in [7, 11) is 0. The van der Waals surface area contributed by atoms with Gasteiger partial charge in [-0.15, -0.1) is 12.3 Å². The van der Waals surface area contributed by atoms with Crippen LogP contribution in [0.15, 0.2) is 96.1 Å². The van der Waals surface area contributed by atoms with Gasteiger partial charge in [0.1, 0.15) is 0 Å². The number of terminal acetylenes is 1. The second kappa shape index (κ2) is 8.47. The van der Waals surface area contributed by atoms with Crippen LogP contribution in [0.2, 0.25) is 0 Å². The summed E-state index contributed by atoms with van der Waals surface area (Å²) in [5, 5.41) is 8.35. The number of benzene rings is 4. The van der Waals surface area contributed by atoms with E-state index < -0.39 is 0 Å². The fourth-order valence-electron chi connectivity index (χ4n) is 8.03. The van der Waals surface area contributed by atoms with E-state index in [4.69, 9.17) is 6.42 Å². The van der Waals surface area contributed by atoms with E-state index in [1.807, 2.05) is 0 Å². The molecule has 0 N–H and O–H groups in total. The van der Waals surface area contributed by atoms with Crippen molar-refractivity contribution in [2.75, 3.05) is 0 Å². The highest BCUT2D eigenvalue weighted by Gasteiger charge is 2.45. The molecule has 0 spiro atoms. The van der Waals surface area contributed by atoms with Gasteiger partial charge in [0.15, 0.2) is 0 Å². The van der Waals surface area contributed by atoms with E-state index in [0.29, 0.717) is 5.92 Å². The summed E-state index contributed by atoms with van der Waals surface area (Å²) in [4.78, 5) is 0. The molecule has 1 saturated carbocycles. The van der Waals surface area contributed by atoms with Gasteiger partial charge in [-0.05, 0) is 105 Å². The first-order chi connectivity index (χ1) is 18.7. The van der Waals surface area contributed by atoms with Gasteiger partial charge in [-0.1, -0.05) is 93.6 Å². The highest BCUT2D eigenvalue weighted by atomic mass is 14.5. The van der Waals surface area contributed by atoms with Gasteiger partial charge in [0.05, 0.1) is 0 Å². The molecule has 1 fully saturated rings. The summed E-state index contributed by atoms with van der Waals surface area (Å²) in [6.45, 7) is 11.4. The predicted molar refractivity (Wildman–Crippen MR) is 168 cm³/mol.